The largest absolute Gasteiger partial charge is 0.462 e. The highest BCUT2D eigenvalue weighted by atomic mass is 16.7. The predicted octanol–water partition coefficient (Wildman–Crippen LogP) is 0.191. The van der Waals surface area contributed by atoms with Gasteiger partial charge in [0.15, 0.2) is 0 Å². The minimum Gasteiger partial charge on any atom is -0.462 e. The van der Waals surface area contributed by atoms with E-state index in [9.17, 15) is 25.4 Å². The van der Waals surface area contributed by atoms with Crippen molar-refractivity contribution >= 4 is 5.69 Å². The minimum atomic E-state index is -1.42. The van der Waals surface area contributed by atoms with E-state index in [2.05, 4.69) is 0 Å². The van der Waals surface area contributed by atoms with Gasteiger partial charge >= 0.3 is 0 Å². The van der Waals surface area contributed by atoms with Crippen LogP contribution in [0.5, 0.6) is 5.75 Å². The van der Waals surface area contributed by atoms with Gasteiger partial charge in [-0.3, -0.25) is 10.1 Å². The number of aliphatic hydroxyl groups is 3. The van der Waals surface area contributed by atoms with Crippen LogP contribution >= 0.6 is 0 Å². The molecule has 1 aliphatic rings. The molecule has 21 heavy (non-hydrogen) atoms. The summed E-state index contributed by atoms with van der Waals surface area (Å²) >= 11 is 0. The van der Waals surface area contributed by atoms with E-state index in [1.165, 1.54) is 24.3 Å². The average molecular weight is 299 g/mol. The van der Waals surface area contributed by atoms with Crippen LogP contribution in [-0.2, 0) is 4.74 Å². The van der Waals surface area contributed by atoms with Crippen LogP contribution in [-0.4, -0.2) is 50.9 Å². The monoisotopic (exact) mass is 299 g/mol. The Morgan fingerprint density at radius 1 is 1.19 bits per heavy atom. The number of rotatable bonds is 4. The summed E-state index contributed by atoms with van der Waals surface area (Å²) < 4.78 is 10.8. The van der Waals surface area contributed by atoms with Gasteiger partial charge in [0, 0.05) is 12.1 Å². The smallest absolute Gasteiger partial charge is 0.269 e. The quantitative estimate of drug-likeness (QED) is 0.536. The number of non-ortho nitro benzene ring substituents is 1. The lowest BCUT2D eigenvalue weighted by molar-refractivity contribution is -0.384. The third-order valence-electron chi connectivity index (χ3n) is 3.37. The normalized spacial score (nSPS) is 32.7. The first kappa shape index (κ1) is 15.6. The molecule has 1 heterocycles. The number of ether oxygens (including phenoxy) is 2. The Bertz CT molecular complexity index is 490. The van der Waals surface area contributed by atoms with Crippen LogP contribution in [0.1, 0.15) is 13.3 Å². The van der Waals surface area contributed by atoms with Crippen LogP contribution in [0.2, 0.25) is 0 Å². The summed E-state index contributed by atoms with van der Waals surface area (Å²) in [7, 11) is 0. The summed E-state index contributed by atoms with van der Waals surface area (Å²) in [5.41, 5.74) is -0.0886. The van der Waals surface area contributed by atoms with Crippen molar-refractivity contribution in [3.63, 3.8) is 0 Å². The molecule has 0 aromatic heterocycles. The molecule has 2 rings (SSSR count). The molecule has 0 unspecified atom stereocenters. The van der Waals surface area contributed by atoms with E-state index >= 15 is 0 Å². The fourth-order valence-corrected chi connectivity index (χ4v) is 2.13. The maximum Gasteiger partial charge on any atom is 0.269 e. The van der Waals surface area contributed by atoms with Gasteiger partial charge in [-0.15, -0.1) is 0 Å². The van der Waals surface area contributed by atoms with Gasteiger partial charge < -0.3 is 24.8 Å². The molecule has 3 N–H and O–H groups in total. The van der Waals surface area contributed by atoms with Crippen LogP contribution in [0.4, 0.5) is 5.69 Å². The first-order chi connectivity index (χ1) is 9.93. The topological polar surface area (TPSA) is 122 Å². The fourth-order valence-electron chi connectivity index (χ4n) is 2.13. The summed E-state index contributed by atoms with van der Waals surface area (Å²) in [4.78, 5) is 10.0. The first-order valence-corrected chi connectivity index (χ1v) is 6.54. The average Bonchev–Trinajstić information content (AvgIpc) is 2.48. The highest BCUT2D eigenvalue weighted by Crippen LogP contribution is 2.26. The van der Waals surface area contributed by atoms with E-state index in [1.54, 1.807) is 6.92 Å². The van der Waals surface area contributed by atoms with Crippen LogP contribution in [0.25, 0.3) is 0 Å². The van der Waals surface area contributed by atoms with Gasteiger partial charge in [0.2, 0.25) is 6.29 Å². The minimum absolute atomic E-state index is 0.0886. The zero-order chi connectivity index (χ0) is 15.6. The molecular formula is C13H17NO7. The molecule has 0 aliphatic carbocycles. The SMILES string of the molecule is CC[C@H]1O[C@@H](Oc2ccc([N+](=O)[O-])cc2)[C@H](O)[C@@H](O)[C@H]1O. The molecule has 1 aromatic rings. The molecule has 8 heteroatoms. The van der Waals surface area contributed by atoms with Gasteiger partial charge in [0.25, 0.3) is 5.69 Å². The number of hydrogen-bond acceptors (Lipinski definition) is 7. The molecule has 8 nitrogen and oxygen atoms in total. The molecule has 0 amide bonds. The summed E-state index contributed by atoms with van der Waals surface area (Å²) in [6, 6.07) is 5.25. The number of nitro groups is 1. The summed E-state index contributed by atoms with van der Waals surface area (Å²) in [5.74, 6) is 0.253. The Morgan fingerprint density at radius 3 is 2.33 bits per heavy atom. The first-order valence-electron chi connectivity index (χ1n) is 6.54. The van der Waals surface area contributed by atoms with Gasteiger partial charge in [0.05, 0.1) is 11.0 Å². The molecule has 116 valence electrons. The van der Waals surface area contributed by atoms with Gasteiger partial charge in [-0.1, -0.05) is 6.92 Å². The van der Waals surface area contributed by atoms with Gasteiger partial charge in [-0.2, -0.15) is 0 Å². The highest BCUT2D eigenvalue weighted by molar-refractivity contribution is 5.36. The number of benzene rings is 1. The van der Waals surface area contributed by atoms with E-state index in [0.717, 1.165) is 0 Å². The molecule has 5 atom stereocenters. The lowest BCUT2D eigenvalue weighted by Crippen LogP contribution is -2.58. The Hall–Kier alpha value is -1.74. The molecule has 0 spiro atoms. The van der Waals surface area contributed by atoms with Gasteiger partial charge in [-0.25, -0.2) is 0 Å². The second-order valence-electron chi connectivity index (χ2n) is 4.79. The molecule has 0 saturated carbocycles. The zero-order valence-electron chi connectivity index (χ0n) is 11.3. The van der Waals surface area contributed by atoms with Crippen LogP contribution in [0.15, 0.2) is 24.3 Å². The third-order valence-corrected chi connectivity index (χ3v) is 3.37. The molecule has 1 saturated heterocycles. The molecule has 1 fully saturated rings. The van der Waals surface area contributed by atoms with Crippen molar-refractivity contribution in [1.29, 1.82) is 0 Å². The molecule has 0 radical (unpaired) electrons. The van der Waals surface area contributed by atoms with Crippen molar-refractivity contribution in [3.8, 4) is 5.75 Å². The lowest BCUT2D eigenvalue weighted by atomic mass is 9.97. The number of aliphatic hydroxyl groups excluding tert-OH is 3. The Balaban J connectivity index is 2.08. The van der Waals surface area contributed by atoms with E-state index in [1.807, 2.05) is 0 Å². The molecule has 1 aromatic carbocycles. The number of hydrogen-bond donors (Lipinski definition) is 3. The maximum atomic E-state index is 10.6. The summed E-state index contributed by atoms with van der Waals surface area (Å²) in [5, 5.41) is 39.9. The fraction of sp³-hybridized carbons (Fsp3) is 0.538. The zero-order valence-corrected chi connectivity index (χ0v) is 11.3. The molecule has 0 bridgehead atoms. The Morgan fingerprint density at radius 2 is 1.81 bits per heavy atom. The summed E-state index contributed by atoms with van der Waals surface area (Å²) in [6.07, 6.45) is -5.38. The third kappa shape index (κ3) is 3.30. The van der Waals surface area contributed by atoms with Gasteiger partial charge in [0.1, 0.15) is 24.1 Å². The van der Waals surface area contributed by atoms with Crippen molar-refractivity contribution in [2.45, 2.75) is 44.1 Å². The van der Waals surface area contributed by atoms with Crippen molar-refractivity contribution < 1.29 is 29.7 Å². The summed E-state index contributed by atoms with van der Waals surface area (Å²) in [6.45, 7) is 1.77. The van der Waals surface area contributed by atoms with E-state index in [4.69, 9.17) is 9.47 Å². The van der Waals surface area contributed by atoms with Crippen molar-refractivity contribution in [2.24, 2.45) is 0 Å². The van der Waals surface area contributed by atoms with Crippen molar-refractivity contribution in [3.05, 3.63) is 34.4 Å². The van der Waals surface area contributed by atoms with Crippen molar-refractivity contribution in [2.75, 3.05) is 0 Å². The van der Waals surface area contributed by atoms with Crippen LogP contribution in [0.3, 0.4) is 0 Å². The number of nitrogens with zero attached hydrogens (tertiary/aromatic N) is 1. The van der Waals surface area contributed by atoms with E-state index in [0.29, 0.717) is 6.42 Å². The maximum absolute atomic E-state index is 10.6. The van der Waals surface area contributed by atoms with Crippen molar-refractivity contribution in [1.82, 2.24) is 0 Å². The lowest BCUT2D eigenvalue weighted by Gasteiger charge is -2.39. The second-order valence-corrected chi connectivity index (χ2v) is 4.79. The van der Waals surface area contributed by atoms with E-state index in [-0.39, 0.29) is 11.4 Å². The predicted molar refractivity (Wildman–Crippen MR) is 70.7 cm³/mol. The second kappa shape index (κ2) is 6.35. The van der Waals surface area contributed by atoms with Crippen LogP contribution in [0, 0.1) is 10.1 Å². The Labute approximate surface area is 120 Å². The molecule has 1 aliphatic heterocycles. The van der Waals surface area contributed by atoms with Crippen LogP contribution < -0.4 is 4.74 Å². The number of nitro benzene ring substituents is 1. The standard InChI is InChI=1S/C13H17NO7/c1-2-9-10(15)11(16)12(17)13(21-9)20-8-5-3-7(4-6-8)14(18)19/h3-6,9-13,15-17H,2H2,1H3/t9-,10+,11+,12-,13-/m1/s1. The molecular weight excluding hydrogens is 282 g/mol. The van der Waals surface area contributed by atoms with Gasteiger partial charge in [-0.05, 0) is 18.6 Å². The van der Waals surface area contributed by atoms with E-state index < -0.39 is 35.6 Å². The highest BCUT2D eigenvalue weighted by Gasteiger charge is 2.44. The Kier molecular flexibility index (Phi) is 4.73.